The SMILES string of the molecule is Cc1ccc2c(c1)c1c(n2CC(C)(O)c2ccc(OCC3CC3)nc2)CCN(C)C1. The number of nitrogens with zero attached hydrogens (tertiary/aromatic N) is 3. The van der Waals surface area contributed by atoms with E-state index < -0.39 is 5.60 Å². The van der Waals surface area contributed by atoms with E-state index in [0.29, 0.717) is 18.3 Å². The minimum absolute atomic E-state index is 0.509. The van der Waals surface area contributed by atoms with Crippen LogP contribution in [0.3, 0.4) is 0 Å². The molecule has 3 heterocycles. The predicted octanol–water partition coefficient (Wildman–Crippen LogP) is 4.03. The highest BCUT2D eigenvalue weighted by molar-refractivity contribution is 5.86. The fourth-order valence-corrected chi connectivity index (χ4v) is 4.55. The zero-order chi connectivity index (χ0) is 20.9. The maximum Gasteiger partial charge on any atom is 0.213 e. The second-order valence-electron chi connectivity index (χ2n) is 9.43. The van der Waals surface area contributed by atoms with Crippen molar-refractivity contribution >= 4 is 10.9 Å². The van der Waals surface area contributed by atoms with Crippen molar-refractivity contribution < 1.29 is 9.84 Å². The molecule has 1 fully saturated rings. The second kappa shape index (κ2) is 7.40. The molecule has 1 aliphatic carbocycles. The average Bonchev–Trinajstić information content (AvgIpc) is 3.51. The fourth-order valence-electron chi connectivity index (χ4n) is 4.55. The minimum Gasteiger partial charge on any atom is -0.477 e. The first kappa shape index (κ1) is 19.6. The maximum absolute atomic E-state index is 11.4. The highest BCUT2D eigenvalue weighted by Crippen LogP contribution is 2.34. The van der Waals surface area contributed by atoms with E-state index in [4.69, 9.17) is 4.74 Å². The van der Waals surface area contributed by atoms with Crippen LogP contribution in [0.4, 0.5) is 0 Å². The zero-order valence-electron chi connectivity index (χ0n) is 18.2. The van der Waals surface area contributed by atoms with E-state index in [1.165, 1.54) is 40.6 Å². The van der Waals surface area contributed by atoms with Gasteiger partial charge in [-0.2, -0.15) is 0 Å². The van der Waals surface area contributed by atoms with Crippen LogP contribution in [0.2, 0.25) is 0 Å². The van der Waals surface area contributed by atoms with Gasteiger partial charge in [0, 0.05) is 53.9 Å². The number of hydrogen-bond acceptors (Lipinski definition) is 4. The Morgan fingerprint density at radius 2 is 2.07 bits per heavy atom. The van der Waals surface area contributed by atoms with Crippen LogP contribution >= 0.6 is 0 Å². The van der Waals surface area contributed by atoms with Crippen LogP contribution in [0.1, 0.15) is 42.1 Å². The van der Waals surface area contributed by atoms with Gasteiger partial charge in [-0.1, -0.05) is 11.6 Å². The normalized spacial score (nSPS) is 18.9. The van der Waals surface area contributed by atoms with Gasteiger partial charge >= 0.3 is 0 Å². The van der Waals surface area contributed by atoms with Crippen molar-refractivity contribution in [3.8, 4) is 5.88 Å². The second-order valence-corrected chi connectivity index (χ2v) is 9.43. The molecule has 0 spiro atoms. The van der Waals surface area contributed by atoms with Crippen LogP contribution in [0.15, 0.2) is 36.5 Å². The summed E-state index contributed by atoms with van der Waals surface area (Å²) in [4.78, 5) is 6.82. The summed E-state index contributed by atoms with van der Waals surface area (Å²) in [5, 5.41) is 12.7. The third kappa shape index (κ3) is 3.72. The van der Waals surface area contributed by atoms with E-state index in [2.05, 4.69) is 46.6 Å². The molecule has 0 amide bonds. The number of likely N-dealkylation sites (N-methyl/N-ethyl adjacent to an activating group) is 1. The first-order chi connectivity index (χ1) is 14.4. The molecule has 1 N–H and O–H groups in total. The zero-order valence-corrected chi connectivity index (χ0v) is 18.2. The number of aryl methyl sites for hydroxylation is 1. The summed E-state index contributed by atoms with van der Waals surface area (Å²) in [5.41, 5.74) is 5.03. The number of aliphatic hydroxyl groups is 1. The van der Waals surface area contributed by atoms with Gasteiger partial charge < -0.3 is 19.3 Å². The molecule has 5 rings (SSSR count). The molecule has 0 saturated heterocycles. The van der Waals surface area contributed by atoms with Gasteiger partial charge in [0.2, 0.25) is 5.88 Å². The Morgan fingerprint density at radius 1 is 1.23 bits per heavy atom. The summed E-state index contributed by atoms with van der Waals surface area (Å²) < 4.78 is 8.08. The summed E-state index contributed by atoms with van der Waals surface area (Å²) in [6.45, 7) is 7.28. The van der Waals surface area contributed by atoms with Gasteiger partial charge in [-0.3, -0.25) is 0 Å². The maximum atomic E-state index is 11.4. The monoisotopic (exact) mass is 405 g/mol. The van der Waals surface area contributed by atoms with Crippen molar-refractivity contribution in [2.75, 3.05) is 20.2 Å². The molecule has 0 radical (unpaired) electrons. The lowest BCUT2D eigenvalue weighted by Gasteiger charge is -2.28. The van der Waals surface area contributed by atoms with Crippen LogP contribution in [0.5, 0.6) is 5.88 Å². The molecular formula is C25H31N3O2. The van der Waals surface area contributed by atoms with Gasteiger partial charge in [0.1, 0.15) is 5.60 Å². The van der Waals surface area contributed by atoms with Crippen LogP contribution in [0.25, 0.3) is 10.9 Å². The van der Waals surface area contributed by atoms with Crippen LogP contribution in [-0.4, -0.2) is 39.8 Å². The topological polar surface area (TPSA) is 50.5 Å². The van der Waals surface area contributed by atoms with E-state index in [-0.39, 0.29) is 0 Å². The molecule has 5 heteroatoms. The number of fused-ring (bicyclic) bond motifs is 3. The van der Waals surface area contributed by atoms with Crippen molar-refractivity contribution in [3.05, 3.63) is 58.9 Å². The largest absolute Gasteiger partial charge is 0.477 e. The molecule has 158 valence electrons. The molecule has 30 heavy (non-hydrogen) atoms. The lowest BCUT2D eigenvalue weighted by molar-refractivity contribution is 0.0380. The molecule has 1 atom stereocenters. The molecule has 5 nitrogen and oxygen atoms in total. The molecule has 0 bridgehead atoms. The van der Waals surface area contributed by atoms with E-state index >= 15 is 0 Å². The Morgan fingerprint density at radius 3 is 2.80 bits per heavy atom. The number of hydrogen-bond donors (Lipinski definition) is 1. The average molecular weight is 406 g/mol. The lowest BCUT2D eigenvalue weighted by atomic mass is 9.97. The highest BCUT2D eigenvalue weighted by atomic mass is 16.5. The highest BCUT2D eigenvalue weighted by Gasteiger charge is 2.29. The first-order valence-electron chi connectivity index (χ1n) is 11.0. The number of ether oxygens (including phenoxy) is 1. The number of benzene rings is 1. The number of pyridine rings is 1. The molecule has 1 unspecified atom stereocenters. The molecule has 1 aliphatic heterocycles. The van der Waals surface area contributed by atoms with E-state index in [1.54, 1.807) is 6.20 Å². The molecule has 2 aromatic heterocycles. The van der Waals surface area contributed by atoms with Crippen molar-refractivity contribution in [2.24, 2.45) is 5.92 Å². The Hall–Kier alpha value is -2.37. The van der Waals surface area contributed by atoms with Gasteiger partial charge in [0.15, 0.2) is 0 Å². The van der Waals surface area contributed by atoms with Crippen molar-refractivity contribution in [3.63, 3.8) is 0 Å². The van der Waals surface area contributed by atoms with Gasteiger partial charge in [-0.15, -0.1) is 0 Å². The summed E-state index contributed by atoms with van der Waals surface area (Å²) in [6, 6.07) is 10.5. The van der Waals surface area contributed by atoms with Gasteiger partial charge in [0.25, 0.3) is 0 Å². The smallest absolute Gasteiger partial charge is 0.213 e. The van der Waals surface area contributed by atoms with Crippen LogP contribution < -0.4 is 4.74 Å². The minimum atomic E-state index is -1.02. The molecule has 1 saturated carbocycles. The lowest BCUT2D eigenvalue weighted by Crippen LogP contribution is -2.31. The summed E-state index contributed by atoms with van der Waals surface area (Å²) in [7, 11) is 2.18. The van der Waals surface area contributed by atoms with Gasteiger partial charge in [0.05, 0.1) is 13.2 Å². The van der Waals surface area contributed by atoms with Gasteiger partial charge in [-0.25, -0.2) is 4.98 Å². The van der Waals surface area contributed by atoms with Crippen LogP contribution in [-0.2, 0) is 25.1 Å². The first-order valence-corrected chi connectivity index (χ1v) is 11.0. The van der Waals surface area contributed by atoms with E-state index in [0.717, 1.165) is 31.7 Å². The Kier molecular flexibility index (Phi) is 4.83. The van der Waals surface area contributed by atoms with Crippen LogP contribution in [0, 0.1) is 12.8 Å². The number of aromatic nitrogens is 2. The third-order valence-electron chi connectivity index (χ3n) is 6.59. The van der Waals surface area contributed by atoms with Gasteiger partial charge in [-0.05, 0) is 63.4 Å². The molecule has 1 aromatic carbocycles. The molecular weight excluding hydrogens is 374 g/mol. The summed E-state index contributed by atoms with van der Waals surface area (Å²) in [6.07, 6.45) is 5.29. The van der Waals surface area contributed by atoms with Crippen molar-refractivity contribution in [2.45, 2.75) is 51.8 Å². The molecule has 3 aromatic rings. The standard InChI is InChI=1S/C25H31N3O2/c1-17-4-8-22-20(12-17)21-14-27(3)11-10-23(21)28(22)16-25(2,29)19-7-9-24(26-13-19)30-15-18-5-6-18/h4,7-9,12-13,18,29H,5-6,10-11,14-16H2,1-3H3. The Bertz CT molecular complexity index is 1060. The Balaban J connectivity index is 1.45. The van der Waals surface area contributed by atoms with Crippen molar-refractivity contribution in [1.29, 1.82) is 0 Å². The third-order valence-corrected chi connectivity index (χ3v) is 6.59. The van der Waals surface area contributed by atoms with Crippen molar-refractivity contribution in [1.82, 2.24) is 14.5 Å². The molecule has 2 aliphatic rings. The fraction of sp³-hybridized carbons (Fsp3) is 0.480. The van der Waals surface area contributed by atoms with E-state index in [1.807, 2.05) is 19.1 Å². The Labute approximate surface area is 178 Å². The summed E-state index contributed by atoms with van der Waals surface area (Å²) >= 11 is 0. The predicted molar refractivity (Wildman–Crippen MR) is 119 cm³/mol. The van der Waals surface area contributed by atoms with E-state index in [9.17, 15) is 5.11 Å². The summed E-state index contributed by atoms with van der Waals surface area (Å²) in [5.74, 6) is 1.34. The number of rotatable bonds is 6. The quantitative estimate of drug-likeness (QED) is 0.673.